The minimum absolute atomic E-state index is 0.0253. The number of alkyl halides is 3. The summed E-state index contributed by atoms with van der Waals surface area (Å²) in [5.74, 6) is 0.739. The highest BCUT2D eigenvalue weighted by molar-refractivity contribution is 5.94. The normalized spacial score (nSPS) is 11.5. The van der Waals surface area contributed by atoms with Crippen LogP contribution < -0.4 is 10.1 Å². The van der Waals surface area contributed by atoms with E-state index in [9.17, 15) is 18.3 Å². The van der Waals surface area contributed by atoms with Crippen LogP contribution in [0.5, 0.6) is 11.5 Å². The van der Waals surface area contributed by atoms with Crippen LogP contribution in [0.4, 0.5) is 24.7 Å². The predicted octanol–water partition coefficient (Wildman–Crippen LogP) is 5.77. The van der Waals surface area contributed by atoms with Gasteiger partial charge >= 0.3 is 6.18 Å². The molecule has 0 aliphatic rings. The molecule has 1 aromatic heterocycles. The fourth-order valence-electron chi connectivity index (χ4n) is 3.10. The third-order valence-electron chi connectivity index (χ3n) is 4.60. The van der Waals surface area contributed by atoms with Crippen LogP contribution in [0.15, 0.2) is 67.0 Å². The van der Waals surface area contributed by atoms with Crippen molar-refractivity contribution in [1.82, 2.24) is 9.97 Å². The van der Waals surface area contributed by atoms with E-state index in [-0.39, 0.29) is 11.4 Å². The van der Waals surface area contributed by atoms with Gasteiger partial charge in [-0.3, -0.25) is 0 Å². The molecule has 0 bridgehead atoms. The Kier molecular flexibility index (Phi) is 4.91. The number of nitrogens with one attached hydrogen (secondary N) is 1. The van der Waals surface area contributed by atoms with E-state index in [2.05, 4.69) is 15.3 Å². The van der Waals surface area contributed by atoms with E-state index in [1.54, 1.807) is 18.2 Å². The Bertz CT molecular complexity index is 1230. The third kappa shape index (κ3) is 3.84. The van der Waals surface area contributed by atoms with Crippen molar-refractivity contribution in [2.24, 2.45) is 0 Å². The predicted molar refractivity (Wildman–Crippen MR) is 108 cm³/mol. The van der Waals surface area contributed by atoms with E-state index in [1.807, 2.05) is 12.1 Å². The number of rotatable bonds is 4. The molecule has 0 radical (unpaired) electrons. The molecule has 0 amide bonds. The fraction of sp³-hybridized carbons (Fsp3) is 0.0909. The van der Waals surface area contributed by atoms with Gasteiger partial charge < -0.3 is 15.2 Å². The molecule has 2 N–H and O–H groups in total. The first-order valence-electron chi connectivity index (χ1n) is 8.91. The van der Waals surface area contributed by atoms with Gasteiger partial charge in [0.1, 0.15) is 12.1 Å². The van der Waals surface area contributed by atoms with Gasteiger partial charge in [0.15, 0.2) is 11.5 Å². The molecule has 3 aromatic carbocycles. The maximum absolute atomic E-state index is 13.0. The lowest BCUT2D eigenvalue weighted by Gasteiger charge is -2.12. The summed E-state index contributed by atoms with van der Waals surface area (Å²) >= 11 is 0. The number of ether oxygens (including phenoxy) is 1. The summed E-state index contributed by atoms with van der Waals surface area (Å²) in [5, 5.41) is 13.4. The second-order valence-electron chi connectivity index (χ2n) is 6.54. The van der Waals surface area contributed by atoms with Crippen LogP contribution in [0, 0.1) is 0 Å². The minimum atomic E-state index is -4.43. The fourth-order valence-corrected chi connectivity index (χ4v) is 3.10. The summed E-state index contributed by atoms with van der Waals surface area (Å²) in [5.41, 5.74) is 1.75. The molecule has 4 aromatic rings. The molecule has 0 aliphatic heterocycles. The molecule has 1 heterocycles. The van der Waals surface area contributed by atoms with Gasteiger partial charge in [-0.15, -0.1) is 0 Å². The first-order chi connectivity index (χ1) is 14.3. The van der Waals surface area contributed by atoms with Crippen molar-refractivity contribution < 1.29 is 23.0 Å². The molecule has 8 heteroatoms. The zero-order valence-corrected chi connectivity index (χ0v) is 15.7. The number of aromatic hydroxyl groups is 1. The van der Waals surface area contributed by atoms with Crippen molar-refractivity contribution in [3.8, 4) is 22.6 Å². The van der Waals surface area contributed by atoms with Gasteiger partial charge in [0, 0.05) is 11.1 Å². The van der Waals surface area contributed by atoms with Gasteiger partial charge in [-0.1, -0.05) is 18.2 Å². The largest absolute Gasteiger partial charge is 0.504 e. The van der Waals surface area contributed by atoms with E-state index >= 15 is 0 Å². The molecule has 0 aliphatic carbocycles. The molecule has 4 rings (SSSR count). The Morgan fingerprint density at radius 1 is 0.933 bits per heavy atom. The topological polar surface area (TPSA) is 67.3 Å². The first-order valence-corrected chi connectivity index (χ1v) is 8.91. The number of halogens is 3. The number of benzene rings is 3. The number of phenols is 1. The Balaban J connectivity index is 1.76. The highest BCUT2D eigenvalue weighted by atomic mass is 19.4. The number of methoxy groups -OCH3 is 1. The molecular formula is C22H16F3N3O2. The first kappa shape index (κ1) is 19.5. The van der Waals surface area contributed by atoms with Crippen LogP contribution in [-0.4, -0.2) is 22.2 Å². The number of hydrogen-bond donors (Lipinski definition) is 2. The monoisotopic (exact) mass is 411 g/mol. The average Bonchev–Trinajstić information content (AvgIpc) is 2.74. The number of hydrogen-bond acceptors (Lipinski definition) is 5. The number of phenolic OH excluding ortho intramolecular Hbond substituents is 1. The van der Waals surface area contributed by atoms with E-state index < -0.39 is 11.7 Å². The molecule has 0 unspecified atom stereocenters. The molecule has 0 atom stereocenters. The second-order valence-corrected chi connectivity index (χ2v) is 6.54. The maximum atomic E-state index is 13.0. The van der Waals surface area contributed by atoms with Crippen LogP contribution in [0.25, 0.3) is 22.0 Å². The molecule has 30 heavy (non-hydrogen) atoms. The highest BCUT2D eigenvalue weighted by Gasteiger charge is 2.30. The second kappa shape index (κ2) is 7.55. The molecule has 0 fully saturated rings. The Morgan fingerprint density at radius 2 is 1.70 bits per heavy atom. The highest BCUT2D eigenvalue weighted by Crippen LogP contribution is 2.35. The summed E-state index contributed by atoms with van der Waals surface area (Å²) in [6.07, 6.45) is -3.09. The van der Waals surface area contributed by atoms with E-state index in [1.165, 1.54) is 31.6 Å². The van der Waals surface area contributed by atoms with Crippen molar-refractivity contribution in [3.63, 3.8) is 0 Å². The van der Waals surface area contributed by atoms with Gasteiger partial charge in [0.2, 0.25) is 0 Å². The standard InChI is InChI=1S/C22H16F3N3O2/c1-30-20-10-14(6-8-19(20)29)13-5-7-18-17(9-13)21(27-12-26-18)28-16-4-2-3-15(11-16)22(23,24)25/h2-12,29H,1H3,(H,26,27,28). The van der Waals surface area contributed by atoms with Crippen LogP contribution in [-0.2, 0) is 6.18 Å². The number of anilines is 2. The zero-order chi connectivity index (χ0) is 21.3. The lowest BCUT2D eigenvalue weighted by atomic mass is 10.0. The summed E-state index contributed by atoms with van der Waals surface area (Å²) in [7, 11) is 1.46. The van der Waals surface area contributed by atoms with Crippen molar-refractivity contribution >= 4 is 22.4 Å². The summed E-state index contributed by atoms with van der Waals surface area (Å²) in [4.78, 5) is 8.44. The van der Waals surface area contributed by atoms with Crippen LogP contribution in [0.3, 0.4) is 0 Å². The Hall–Kier alpha value is -3.81. The zero-order valence-electron chi connectivity index (χ0n) is 15.7. The van der Waals surface area contributed by atoms with E-state index in [0.717, 1.165) is 23.3 Å². The number of aromatic nitrogens is 2. The molecule has 0 saturated heterocycles. The number of fused-ring (bicyclic) bond motifs is 1. The third-order valence-corrected chi connectivity index (χ3v) is 4.60. The van der Waals surface area contributed by atoms with Crippen molar-refractivity contribution in [2.75, 3.05) is 12.4 Å². The van der Waals surface area contributed by atoms with Crippen LogP contribution in [0.1, 0.15) is 5.56 Å². The smallest absolute Gasteiger partial charge is 0.416 e. The van der Waals surface area contributed by atoms with Crippen LogP contribution in [0.2, 0.25) is 0 Å². The van der Waals surface area contributed by atoms with Gasteiger partial charge in [-0.25, -0.2) is 9.97 Å². The van der Waals surface area contributed by atoms with Gasteiger partial charge in [0.05, 0.1) is 18.2 Å². The lowest BCUT2D eigenvalue weighted by molar-refractivity contribution is -0.137. The van der Waals surface area contributed by atoms with Gasteiger partial charge in [0.25, 0.3) is 0 Å². The van der Waals surface area contributed by atoms with Crippen molar-refractivity contribution in [2.45, 2.75) is 6.18 Å². The SMILES string of the molecule is COc1cc(-c2ccc3ncnc(Nc4cccc(C(F)(F)F)c4)c3c2)ccc1O. The molecular weight excluding hydrogens is 395 g/mol. The van der Waals surface area contributed by atoms with Gasteiger partial charge in [-0.05, 0) is 53.6 Å². The maximum Gasteiger partial charge on any atom is 0.416 e. The van der Waals surface area contributed by atoms with Crippen molar-refractivity contribution in [1.29, 1.82) is 0 Å². The summed E-state index contributed by atoms with van der Waals surface area (Å²) < 4.78 is 44.2. The van der Waals surface area contributed by atoms with E-state index in [4.69, 9.17) is 4.74 Å². The molecule has 5 nitrogen and oxygen atoms in total. The molecule has 152 valence electrons. The van der Waals surface area contributed by atoms with Crippen LogP contribution >= 0.6 is 0 Å². The average molecular weight is 411 g/mol. The molecule has 0 spiro atoms. The van der Waals surface area contributed by atoms with E-state index in [0.29, 0.717) is 22.5 Å². The summed E-state index contributed by atoms with van der Waals surface area (Å²) in [6, 6.07) is 15.4. The van der Waals surface area contributed by atoms with Gasteiger partial charge in [-0.2, -0.15) is 13.2 Å². The number of nitrogens with zero attached hydrogens (tertiary/aromatic N) is 2. The quantitative estimate of drug-likeness (QED) is 0.446. The Labute approximate surface area is 169 Å². The molecule has 0 saturated carbocycles. The Morgan fingerprint density at radius 3 is 2.47 bits per heavy atom. The minimum Gasteiger partial charge on any atom is -0.504 e. The summed E-state index contributed by atoms with van der Waals surface area (Å²) in [6.45, 7) is 0. The lowest BCUT2D eigenvalue weighted by Crippen LogP contribution is -2.05. The van der Waals surface area contributed by atoms with Crippen molar-refractivity contribution in [3.05, 3.63) is 72.6 Å².